The number of carbonyl (C=O) groups is 2. The first kappa shape index (κ1) is 17.9. The molecule has 0 spiro atoms. The van der Waals surface area contributed by atoms with Gasteiger partial charge in [-0.3, -0.25) is 9.59 Å². The summed E-state index contributed by atoms with van der Waals surface area (Å²) in [6, 6.07) is 12.6. The Balaban J connectivity index is 1.61. The van der Waals surface area contributed by atoms with Crippen molar-refractivity contribution in [3.63, 3.8) is 0 Å². The van der Waals surface area contributed by atoms with E-state index in [1.54, 1.807) is 12.1 Å². The van der Waals surface area contributed by atoms with Gasteiger partial charge in [0.05, 0.1) is 19.6 Å². The Hall–Kier alpha value is -2.86. The zero-order chi connectivity index (χ0) is 18.5. The van der Waals surface area contributed by atoms with E-state index in [1.807, 2.05) is 42.2 Å². The average Bonchev–Trinajstić information content (AvgIpc) is 2.66. The molecule has 26 heavy (non-hydrogen) atoms. The zero-order valence-corrected chi connectivity index (χ0v) is 14.8. The Kier molecular flexibility index (Phi) is 5.53. The highest BCUT2D eigenvalue weighted by Gasteiger charge is 2.17. The third-order valence-electron chi connectivity index (χ3n) is 4.44. The predicted octanol–water partition coefficient (Wildman–Crippen LogP) is 2.23. The van der Waals surface area contributed by atoms with Gasteiger partial charge in [-0.25, -0.2) is 0 Å². The minimum Gasteiger partial charge on any atom is -0.399 e. The maximum absolute atomic E-state index is 12.4. The Bertz CT molecular complexity index is 796. The molecule has 1 fully saturated rings. The molecule has 1 saturated heterocycles. The lowest BCUT2D eigenvalue weighted by molar-refractivity contribution is -0.134. The Morgan fingerprint density at radius 1 is 1.12 bits per heavy atom. The molecule has 1 aliphatic rings. The van der Waals surface area contributed by atoms with E-state index in [4.69, 9.17) is 10.5 Å². The number of amides is 2. The van der Waals surface area contributed by atoms with Crippen LogP contribution in [-0.2, 0) is 16.0 Å². The molecule has 0 aromatic heterocycles. The highest BCUT2D eigenvalue weighted by molar-refractivity contribution is 6.05. The lowest BCUT2D eigenvalue weighted by Gasteiger charge is -2.26. The van der Waals surface area contributed by atoms with Crippen molar-refractivity contribution in [2.24, 2.45) is 0 Å². The van der Waals surface area contributed by atoms with E-state index in [0.717, 1.165) is 11.1 Å². The van der Waals surface area contributed by atoms with E-state index in [2.05, 4.69) is 5.32 Å². The molecule has 2 aromatic carbocycles. The van der Waals surface area contributed by atoms with Crippen LogP contribution in [0.15, 0.2) is 42.5 Å². The molecular formula is C20H23N3O3. The summed E-state index contributed by atoms with van der Waals surface area (Å²) in [6.45, 7) is 4.36. The lowest BCUT2D eigenvalue weighted by Crippen LogP contribution is -2.41. The van der Waals surface area contributed by atoms with E-state index in [9.17, 15) is 9.59 Å². The van der Waals surface area contributed by atoms with Crippen molar-refractivity contribution in [2.45, 2.75) is 13.3 Å². The maximum atomic E-state index is 12.4. The molecular weight excluding hydrogens is 330 g/mol. The van der Waals surface area contributed by atoms with Gasteiger partial charge in [0, 0.05) is 30.0 Å². The van der Waals surface area contributed by atoms with Crippen molar-refractivity contribution in [1.82, 2.24) is 4.90 Å². The van der Waals surface area contributed by atoms with Gasteiger partial charge < -0.3 is 20.7 Å². The summed E-state index contributed by atoms with van der Waals surface area (Å²) in [6.07, 6.45) is 0.350. The van der Waals surface area contributed by atoms with Crippen LogP contribution in [0.1, 0.15) is 21.5 Å². The summed E-state index contributed by atoms with van der Waals surface area (Å²) in [5.74, 6) is -0.104. The molecule has 0 bridgehead atoms. The molecule has 136 valence electrons. The SMILES string of the molecule is Cc1ccc(N)cc1C(=O)Nc1ccc(CC(=O)N2CCOCC2)cc1. The number of morpholine rings is 1. The van der Waals surface area contributed by atoms with Gasteiger partial charge in [0.25, 0.3) is 5.91 Å². The second kappa shape index (κ2) is 8.01. The first-order valence-corrected chi connectivity index (χ1v) is 8.65. The molecule has 0 atom stereocenters. The van der Waals surface area contributed by atoms with Crippen molar-refractivity contribution in [3.8, 4) is 0 Å². The van der Waals surface area contributed by atoms with Gasteiger partial charge in [0.1, 0.15) is 0 Å². The van der Waals surface area contributed by atoms with Crippen LogP contribution in [-0.4, -0.2) is 43.0 Å². The smallest absolute Gasteiger partial charge is 0.256 e. The van der Waals surface area contributed by atoms with E-state index in [1.165, 1.54) is 0 Å². The third kappa shape index (κ3) is 4.40. The highest BCUT2D eigenvalue weighted by Crippen LogP contribution is 2.16. The van der Waals surface area contributed by atoms with Crippen molar-refractivity contribution in [3.05, 3.63) is 59.2 Å². The monoisotopic (exact) mass is 353 g/mol. The van der Waals surface area contributed by atoms with Gasteiger partial charge in [-0.1, -0.05) is 18.2 Å². The predicted molar refractivity (Wildman–Crippen MR) is 101 cm³/mol. The first-order valence-electron chi connectivity index (χ1n) is 8.65. The number of hydrogen-bond acceptors (Lipinski definition) is 4. The molecule has 6 nitrogen and oxygen atoms in total. The molecule has 3 N–H and O–H groups in total. The second-order valence-corrected chi connectivity index (χ2v) is 6.40. The van der Waals surface area contributed by atoms with Crippen LogP contribution >= 0.6 is 0 Å². The number of benzene rings is 2. The van der Waals surface area contributed by atoms with Gasteiger partial charge in [0.15, 0.2) is 0 Å². The number of aryl methyl sites for hydroxylation is 1. The van der Waals surface area contributed by atoms with Gasteiger partial charge in [-0.2, -0.15) is 0 Å². The number of rotatable bonds is 4. The summed E-state index contributed by atoms with van der Waals surface area (Å²) < 4.78 is 5.26. The fraction of sp³-hybridized carbons (Fsp3) is 0.300. The van der Waals surface area contributed by atoms with E-state index in [0.29, 0.717) is 49.7 Å². The number of anilines is 2. The van der Waals surface area contributed by atoms with E-state index < -0.39 is 0 Å². The molecule has 0 radical (unpaired) electrons. The van der Waals surface area contributed by atoms with Crippen molar-refractivity contribution >= 4 is 23.2 Å². The topological polar surface area (TPSA) is 84.7 Å². The van der Waals surface area contributed by atoms with E-state index >= 15 is 0 Å². The van der Waals surface area contributed by atoms with Crippen molar-refractivity contribution in [2.75, 3.05) is 37.4 Å². The quantitative estimate of drug-likeness (QED) is 0.826. The molecule has 6 heteroatoms. The van der Waals surface area contributed by atoms with Gasteiger partial charge >= 0.3 is 0 Å². The highest BCUT2D eigenvalue weighted by atomic mass is 16.5. The van der Waals surface area contributed by atoms with Gasteiger partial charge in [0.2, 0.25) is 5.91 Å². The average molecular weight is 353 g/mol. The molecule has 0 saturated carbocycles. The van der Waals surface area contributed by atoms with Crippen LogP contribution in [0.2, 0.25) is 0 Å². The maximum Gasteiger partial charge on any atom is 0.256 e. The Morgan fingerprint density at radius 3 is 2.50 bits per heavy atom. The minimum atomic E-state index is -0.202. The lowest BCUT2D eigenvalue weighted by atomic mass is 10.1. The molecule has 1 aliphatic heterocycles. The molecule has 1 heterocycles. The third-order valence-corrected chi connectivity index (χ3v) is 4.44. The van der Waals surface area contributed by atoms with Crippen molar-refractivity contribution in [1.29, 1.82) is 0 Å². The second-order valence-electron chi connectivity index (χ2n) is 6.40. The minimum absolute atomic E-state index is 0.0977. The van der Waals surface area contributed by atoms with Crippen LogP contribution in [0.25, 0.3) is 0 Å². The van der Waals surface area contributed by atoms with Crippen LogP contribution < -0.4 is 11.1 Å². The van der Waals surface area contributed by atoms with Crippen LogP contribution in [0.4, 0.5) is 11.4 Å². The summed E-state index contributed by atoms with van der Waals surface area (Å²) in [5.41, 5.74) is 9.33. The number of ether oxygens (including phenoxy) is 1. The van der Waals surface area contributed by atoms with Gasteiger partial charge in [-0.15, -0.1) is 0 Å². The van der Waals surface area contributed by atoms with Crippen LogP contribution in [0, 0.1) is 6.92 Å². The summed E-state index contributed by atoms with van der Waals surface area (Å²) >= 11 is 0. The largest absolute Gasteiger partial charge is 0.399 e. The standard InChI is InChI=1S/C20H23N3O3/c1-14-2-5-16(21)13-18(14)20(25)22-17-6-3-15(4-7-17)12-19(24)23-8-10-26-11-9-23/h2-7,13H,8-12,21H2,1H3,(H,22,25). The first-order chi connectivity index (χ1) is 12.5. The number of nitrogens with zero attached hydrogens (tertiary/aromatic N) is 1. The Morgan fingerprint density at radius 2 is 1.81 bits per heavy atom. The summed E-state index contributed by atoms with van der Waals surface area (Å²) in [7, 11) is 0. The number of carbonyl (C=O) groups excluding carboxylic acids is 2. The summed E-state index contributed by atoms with van der Waals surface area (Å²) in [4.78, 5) is 26.5. The van der Waals surface area contributed by atoms with Gasteiger partial charge in [-0.05, 0) is 42.3 Å². The number of nitrogens with two attached hydrogens (primary N) is 1. The van der Waals surface area contributed by atoms with Crippen LogP contribution in [0.5, 0.6) is 0 Å². The molecule has 2 amide bonds. The van der Waals surface area contributed by atoms with Crippen LogP contribution in [0.3, 0.4) is 0 Å². The fourth-order valence-electron chi connectivity index (χ4n) is 2.89. The normalized spacial score (nSPS) is 14.1. The van der Waals surface area contributed by atoms with Crippen molar-refractivity contribution < 1.29 is 14.3 Å². The number of nitrogens with one attached hydrogen (secondary N) is 1. The molecule has 0 unspecified atom stereocenters. The Labute approximate surface area is 152 Å². The molecule has 2 aromatic rings. The molecule has 0 aliphatic carbocycles. The number of hydrogen-bond donors (Lipinski definition) is 2. The summed E-state index contributed by atoms with van der Waals surface area (Å²) in [5, 5.41) is 2.86. The van der Waals surface area contributed by atoms with E-state index in [-0.39, 0.29) is 11.8 Å². The molecule has 3 rings (SSSR count). The zero-order valence-electron chi connectivity index (χ0n) is 14.8. The fourth-order valence-corrected chi connectivity index (χ4v) is 2.89. The number of nitrogen functional groups attached to an aromatic ring is 1.